The summed E-state index contributed by atoms with van der Waals surface area (Å²) < 4.78 is 5.34. The summed E-state index contributed by atoms with van der Waals surface area (Å²) >= 11 is 5.79. The van der Waals surface area contributed by atoms with Gasteiger partial charge in [0, 0.05) is 10.6 Å². The molecule has 4 nitrogen and oxygen atoms in total. The minimum Gasteiger partial charge on any atom is -0.458 e. The maximum atomic E-state index is 12.2. The number of hydrogen-bond acceptors (Lipinski definition) is 3. The third-order valence-electron chi connectivity index (χ3n) is 2.72. The van der Waals surface area contributed by atoms with Crippen LogP contribution in [-0.2, 0) is 9.53 Å². The molecule has 21 heavy (non-hydrogen) atoms. The highest BCUT2D eigenvalue weighted by atomic mass is 35.5. The molecule has 0 aliphatic rings. The van der Waals surface area contributed by atoms with E-state index in [2.05, 4.69) is 5.32 Å². The van der Waals surface area contributed by atoms with Crippen LogP contribution in [-0.4, -0.2) is 23.5 Å². The summed E-state index contributed by atoms with van der Waals surface area (Å²) in [6, 6.07) is 5.81. The Bertz CT molecular complexity index is 503. The van der Waals surface area contributed by atoms with E-state index in [1.54, 1.807) is 45.0 Å². The summed E-state index contributed by atoms with van der Waals surface area (Å²) in [5.41, 5.74) is -0.136. The van der Waals surface area contributed by atoms with Crippen LogP contribution in [0.1, 0.15) is 45.0 Å². The number of hydrogen-bond donors (Lipinski definition) is 1. The quantitative estimate of drug-likeness (QED) is 0.867. The number of amides is 1. The normalized spacial score (nSPS) is 12.9. The van der Waals surface area contributed by atoms with Gasteiger partial charge < -0.3 is 10.1 Å². The SMILES string of the molecule is CC(C)[C@H](NC(=O)c1ccc(Cl)cc1)C(=O)OC(C)(C)C. The number of ether oxygens (including phenoxy) is 1. The Kier molecular flexibility index (Phi) is 5.78. The van der Waals surface area contributed by atoms with Crippen molar-refractivity contribution in [3.8, 4) is 0 Å². The number of nitrogens with one attached hydrogen (secondary N) is 1. The zero-order valence-electron chi connectivity index (χ0n) is 13.1. The molecule has 0 aliphatic heterocycles. The van der Waals surface area contributed by atoms with Crippen molar-refractivity contribution in [1.29, 1.82) is 0 Å². The van der Waals surface area contributed by atoms with Crippen molar-refractivity contribution in [2.75, 3.05) is 0 Å². The molecular weight excluding hydrogens is 290 g/mol. The van der Waals surface area contributed by atoms with Crippen LogP contribution in [0.25, 0.3) is 0 Å². The molecule has 116 valence electrons. The predicted molar refractivity (Wildman–Crippen MR) is 83.4 cm³/mol. The lowest BCUT2D eigenvalue weighted by atomic mass is 10.0. The van der Waals surface area contributed by atoms with Gasteiger partial charge in [0.15, 0.2) is 0 Å². The van der Waals surface area contributed by atoms with Gasteiger partial charge in [-0.2, -0.15) is 0 Å². The first kappa shape index (κ1) is 17.5. The second kappa shape index (κ2) is 6.94. The third-order valence-corrected chi connectivity index (χ3v) is 2.97. The Morgan fingerprint density at radius 1 is 1.14 bits per heavy atom. The maximum Gasteiger partial charge on any atom is 0.329 e. The minimum absolute atomic E-state index is 0.0731. The van der Waals surface area contributed by atoms with Gasteiger partial charge in [0.25, 0.3) is 5.91 Å². The topological polar surface area (TPSA) is 55.4 Å². The van der Waals surface area contributed by atoms with Crippen molar-refractivity contribution < 1.29 is 14.3 Å². The minimum atomic E-state index is -0.688. The molecule has 0 spiro atoms. The van der Waals surface area contributed by atoms with Crippen LogP contribution < -0.4 is 5.32 Å². The van der Waals surface area contributed by atoms with Crippen LogP contribution in [0.4, 0.5) is 0 Å². The van der Waals surface area contributed by atoms with Gasteiger partial charge in [0.1, 0.15) is 11.6 Å². The second-order valence-electron chi connectivity index (χ2n) is 6.24. The lowest BCUT2D eigenvalue weighted by molar-refractivity contribution is -0.158. The van der Waals surface area contributed by atoms with Crippen molar-refractivity contribution in [2.45, 2.75) is 46.3 Å². The lowest BCUT2D eigenvalue weighted by Crippen LogP contribution is -2.47. The number of benzene rings is 1. The third kappa shape index (κ3) is 5.76. The fraction of sp³-hybridized carbons (Fsp3) is 0.500. The molecule has 1 N–H and O–H groups in total. The first-order valence-electron chi connectivity index (χ1n) is 6.89. The number of esters is 1. The van der Waals surface area contributed by atoms with Crippen LogP contribution in [0, 0.1) is 5.92 Å². The second-order valence-corrected chi connectivity index (χ2v) is 6.67. The van der Waals surface area contributed by atoms with Crippen molar-refractivity contribution >= 4 is 23.5 Å². The van der Waals surface area contributed by atoms with E-state index in [9.17, 15) is 9.59 Å². The molecule has 0 radical (unpaired) electrons. The zero-order valence-corrected chi connectivity index (χ0v) is 13.8. The number of halogens is 1. The van der Waals surface area contributed by atoms with Gasteiger partial charge in [-0.3, -0.25) is 4.79 Å². The maximum absolute atomic E-state index is 12.2. The Hall–Kier alpha value is -1.55. The summed E-state index contributed by atoms with van der Waals surface area (Å²) in [6.45, 7) is 9.10. The molecule has 0 aromatic heterocycles. The summed E-state index contributed by atoms with van der Waals surface area (Å²) in [5, 5.41) is 3.27. The zero-order chi connectivity index (χ0) is 16.2. The summed E-state index contributed by atoms with van der Waals surface area (Å²) in [5.74, 6) is -0.827. The smallest absolute Gasteiger partial charge is 0.329 e. The molecule has 0 saturated carbocycles. The fourth-order valence-corrected chi connectivity index (χ4v) is 1.81. The Labute approximate surface area is 130 Å². The molecule has 0 bridgehead atoms. The van der Waals surface area contributed by atoms with Crippen molar-refractivity contribution in [3.63, 3.8) is 0 Å². The monoisotopic (exact) mass is 311 g/mol. The van der Waals surface area contributed by atoms with Gasteiger partial charge in [-0.15, -0.1) is 0 Å². The first-order valence-corrected chi connectivity index (χ1v) is 7.27. The highest BCUT2D eigenvalue weighted by molar-refractivity contribution is 6.30. The van der Waals surface area contributed by atoms with Gasteiger partial charge in [0.05, 0.1) is 0 Å². The van der Waals surface area contributed by atoms with Crippen LogP contribution in [0.15, 0.2) is 24.3 Å². The Morgan fingerprint density at radius 2 is 1.67 bits per heavy atom. The van der Waals surface area contributed by atoms with Gasteiger partial charge in [-0.25, -0.2) is 4.79 Å². The van der Waals surface area contributed by atoms with Crippen LogP contribution >= 0.6 is 11.6 Å². The first-order chi connectivity index (χ1) is 9.60. The standard InChI is InChI=1S/C16H22ClNO3/c1-10(2)13(15(20)21-16(3,4)5)18-14(19)11-6-8-12(17)9-7-11/h6-10,13H,1-5H3,(H,18,19)/t13-/m0/s1. The highest BCUT2D eigenvalue weighted by Gasteiger charge is 2.29. The number of carbonyl (C=O) groups is 2. The van der Waals surface area contributed by atoms with Crippen molar-refractivity contribution in [1.82, 2.24) is 5.32 Å². The molecule has 0 aliphatic carbocycles. The molecule has 0 fully saturated rings. The van der Waals surface area contributed by atoms with Crippen LogP contribution in [0.2, 0.25) is 5.02 Å². The van der Waals surface area contributed by atoms with Gasteiger partial charge in [-0.1, -0.05) is 25.4 Å². The number of carbonyl (C=O) groups excluding carboxylic acids is 2. The molecule has 1 rings (SSSR count). The van der Waals surface area contributed by atoms with E-state index < -0.39 is 17.6 Å². The molecule has 1 aromatic rings. The van der Waals surface area contributed by atoms with Crippen molar-refractivity contribution in [2.24, 2.45) is 5.92 Å². The summed E-state index contributed by atoms with van der Waals surface area (Å²) in [7, 11) is 0. The lowest BCUT2D eigenvalue weighted by Gasteiger charge is -2.26. The molecule has 0 unspecified atom stereocenters. The van der Waals surface area contributed by atoms with E-state index in [-0.39, 0.29) is 11.8 Å². The molecule has 1 amide bonds. The predicted octanol–water partition coefficient (Wildman–Crippen LogP) is 3.44. The average Bonchev–Trinajstić information content (AvgIpc) is 2.33. The van der Waals surface area contributed by atoms with Crippen LogP contribution in [0.3, 0.4) is 0 Å². The van der Waals surface area contributed by atoms with E-state index in [4.69, 9.17) is 16.3 Å². The highest BCUT2D eigenvalue weighted by Crippen LogP contribution is 2.14. The van der Waals surface area contributed by atoms with Crippen LogP contribution in [0.5, 0.6) is 0 Å². The summed E-state index contributed by atoms with van der Waals surface area (Å²) in [4.78, 5) is 24.3. The average molecular weight is 312 g/mol. The molecule has 5 heteroatoms. The fourth-order valence-electron chi connectivity index (χ4n) is 1.69. The molecule has 1 atom stereocenters. The van der Waals surface area contributed by atoms with Gasteiger partial charge in [0.2, 0.25) is 0 Å². The largest absolute Gasteiger partial charge is 0.458 e. The van der Waals surface area contributed by atoms with E-state index in [0.717, 1.165) is 0 Å². The Morgan fingerprint density at radius 3 is 2.10 bits per heavy atom. The number of rotatable bonds is 4. The van der Waals surface area contributed by atoms with Gasteiger partial charge >= 0.3 is 5.97 Å². The summed E-state index contributed by atoms with van der Waals surface area (Å²) in [6.07, 6.45) is 0. The van der Waals surface area contributed by atoms with Crippen molar-refractivity contribution in [3.05, 3.63) is 34.9 Å². The van der Waals surface area contributed by atoms with E-state index in [1.165, 1.54) is 0 Å². The Balaban J connectivity index is 2.81. The van der Waals surface area contributed by atoms with E-state index in [0.29, 0.717) is 10.6 Å². The molecule has 0 heterocycles. The van der Waals surface area contributed by atoms with E-state index in [1.807, 2.05) is 13.8 Å². The molecular formula is C16H22ClNO3. The van der Waals surface area contributed by atoms with Gasteiger partial charge in [-0.05, 0) is 51.0 Å². The molecule has 0 saturated heterocycles. The van der Waals surface area contributed by atoms with E-state index >= 15 is 0 Å². The molecule has 1 aromatic carbocycles.